The molecule has 27 heavy (non-hydrogen) atoms. The van der Waals surface area contributed by atoms with Gasteiger partial charge in [-0.05, 0) is 11.6 Å². The maximum Gasteiger partial charge on any atom is 0.328 e. The first kappa shape index (κ1) is 17.0. The first-order valence-electron chi connectivity index (χ1n) is 8.55. The van der Waals surface area contributed by atoms with Gasteiger partial charge in [-0.2, -0.15) is 0 Å². The molecule has 0 fully saturated rings. The number of hydrogen-bond donors (Lipinski definition) is 2. The fraction of sp³-hybridized carbons (Fsp3) is 0.278. The number of fused-ring (bicyclic) bond motifs is 1. The Morgan fingerprint density at radius 2 is 2.19 bits per heavy atom. The van der Waals surface area contributed by atoms with E-state index in [9.17, 15) is 14.4 Å². The van der Waals surface area contributed by atoms with E-state index in [2.05, 4.69) is 19.9 Å². The van der Waals surface area contributed by atoms with Gasteiger partial charge >= 0.3 is 5.69 Å². The fourth-order valence-corrected chi connectivity index (χ4v) is 3.43. The van der Waals surface area contributed by atoms with Crippen LogP contribution in [0.2, 0.25) is 0 Å². The lowest BCUT2D eigenvalue weighted by Crippen LogP contribution is -2.43. The molecular formula is C18H18N6O3. The van der Waals surface area contributed by atoms with Crippen LogP contribution in [0.4, 0.5) is 0 Å². The molecule has 0 aliphatic carbocycles. The number of aromatic amines is 2. The standard InChI is InChI=1S/C18H18N6O3/c1-23-17(26)12(9-20-18(23)27)7-14(25)24-6-4-13-15(22-10-21-13)16(24)11-3-2-5-19-8-11/h2-3,5,8-10,16H,4,6-7H2,1H3,(H,20,27)(H,21,22). The van der Waals surface area contributed by atoms with Crippen LogP contribution in [-0.4, -0.2) is 41.9 Å². The van der Waals surface area contributed by atoms with E-state index < -0.39 is 11.2 Å². The number of nitrogens with zero attached hydrogens (tertiary/aromatic N) is 4. The van der Waals surface area contributed by atoms with Crippen molar-refractivity contribution in [2.75, 3.05) is 6.54 Å². The molecule has 1 amide bonds. The number of hydrogen-bond acceptors (Lipinski definition) is 5. The summed E-state index contributed by atoms with van der Waals surface area (Å²) in [6.07, 6.45) is 6.88. The highest BCUT2D eigenvalue weighted by Crippen LogP contribution is 2.33. The van der Waals surface area contributed by atoms with Gasteiger partial charge in [0.15, 0.2) is 0 Å². The number of carbonyl (C=O) groups excluding carboxylic acids is 1. The zero-order valence-electron chi connectivity index (χ0n) is 14.7. The molecule has 0 spiro atoms. The molecule has 0 saturated heterocycles. The highest BCUT2D eigenvalue weighted by Gasteiger charge is 2.34. The Bertz CT molecular complexity index is 1100. The van der Waals surface area contributed by atoms with Crippen LogP contribution in [0.15, 0.2) is 46.6 Å². The summed E-state index contributed by atoms with van der Waals surface area (Å²) < 4.78 is 0.962. The summed E-state index contributed by atoms with van der Waals surface area (Å²) in [5.41, 5.74) is 1.91. The van der Waals surface area contributed by atoms with Gasteiger partial charge in [0.2, 0.25) is 5.91 Å². The Hall–Kier alpha value is -3.49. The van der Waals surface area contributed by atoms with E-state index in [1.807, 2.05) is 12.1 Å². The quantitative estimate of drug-likeness (QED) is 0.672. The third kappa shape index (κ3) is 2.97. The van der Waals surface area contributed by atoms with E-state index >= 15 is 0 Å². The second kappa shape index (κ2) is 6.67. The Kier molecular flexibility index (Phi) is 4.19. The summed E-state index contributed by atoms with van der Waals surface area (Å²) >= 11 is 0. The molecule has 1 aliphatic rings. The lowest BCUT2D eigenvalue weighted by Gasteiger charge is -2.35. The van der Waals surface area contributed by atoms with Crippen LogP contribution in [0.5, 0.6) is 0 Å². The number of pyridine rings is 1. The molecule has 0 bridgehead atoms. The molecule has 9 nitrogen and oxygen atoms in total. The Labute approximate surface area is 153 Å². The van der Waals surface area contributed by atoms with Crippen molar-refractivity contribution in [2.24, 2.45) is 7.05 Å². The second-order valence-corrected chi connectivity index (χ2v) is 6.45. The van der Waals surface area contributed by atoms with Crippen LogP contribution < -0.4 is 11.2 Å². The minimum absolute atomic E-state index is 0.0973. The Morgan fingerprint density at radius 1 is 1.33 bits per heavy atom. The third-order valence-electron chi connectivity index (χ3n) is 4.84. The number of aromatic nitrogens is 5. The zero-order chi connectivity index (χ0) is 19.0. The molecule has 4 rings (SSSR count). The fourth-order valence-electron chi connectivity index (χ4n) is 3.43. The summed E-state index contributed by atoms with van der Waals surface area (Å²) in [6, 6.07) is 3.35. The van der Waals surface area contributed by atoms with E-state index in [0.29, 0.717) is 13.0 Å². The monoisotopic (exact) mass is 366 g/mol. The van der Waals surface area contributed by atoms with Crippen LogP contribution in [0.3, 0.4) is 0 Å². The van der Waals surface area contributed by atoms with Gasteiger partial charge in [0.25, 0.3) is 5.56 Å². The van der Waals surface area contributed by atoms with Crippen LogP contribution >= 0.6 is 0 Å². The van der Waals surface area contributed by atoms with Gasteiger partial charge in [-0.3, -0.25) is 19.1 Å². The van der Waals surface area contributed by atoms with Gasteiger partial charge < -0.3 is 14.9 Å². The predicted molar refractivity (Wildman–Crippen MR) is 96.1 cm³/mol. The van der Waals surface area contributed by atoms with Crippen molar-refractivity contribution in [2.45, 2.75) is 18.9 Å². The molecule has 138 valence electrons. The summed E-state index contributed by atoms with van der Waals surface area (Å²) in [7, 11) is 1.38. The van der Waals surface area contributed by atoms with Crippen LogP contribution in [0.25, 0.3) is 0 Å². The average molecular weight is 366 g/mol. The van der Waals surface area contributed by atoms with Crippen molar-refractivity contribution in [3.63, 3.8) is 0 Å². The first-order chi connectivity index (χ1) is 13.1. The molecule has 1 unspecified atom stereocenters. The molecule has 0 saturated carbocycles. The molecule has 3 aromatic heterocycles. The highest BCUT2D eigenvalue weighted by atomic mass is 16.2. The maximum absolute atomic E-state index is 13.1. The van der Waals surface area contributed by atoms with E-state index in [4.69, 9.17) is 0 Å². The summed E-state index contributed by atoms with van der Waals surface area (Å²) in [4.78, 5) is 52.7. The molecule has 3 aromatic rings. The molecular weight excluding hydrogens is 348 g/mol. The van der Waals surface area contributed by atoms with Crippen LogP contribution in [-0.2, 0) is 24.7 Å². The normalized spacial score (nSPS) is 16.2. The SMILES string of the molecule is Cn1c(=O)[nH]cc(CC(=O)N2CCc3[nH]cnc3C2c2cccnc2)c1=O. The molecule has 1 aliphatic heterocycles. The van der Waals surface area contributed by atoms with Crippen molar-refractivity contribution < 1.29 is 4.79 Å². The van der Waals surface area contributed by atoms with Crippen LogP contribution in [0, 0.1) is 0 Å². The van der Waals surface area contributed by atoms with Gasteiger partial charge in [-0.25, -0.2) is 9.78 Å². The van der Waals surface area contributed by atoms with E-state index in [1.54, 1.807) is 23.6 Å². The van der Waals surface area contributed by atoms with E-state index in [1.165, 1.54) is 13.2 Å². The van der Waals surface area contributed by atoms with Gasteiger partial charge in [0.05, 0.1) is 18.4 Å². The van der Waals surface area contributed by atoms with Crippen molar-refractivity contribution >= 4 is 5.91 Å². The Morgan fingerprint density at radius 3 is 2.96 bits per heavy atom. The predicted octanol–water partition coefficient (Wildman–Crippen LogP) is -0.0915. The minimum atomic E-state index is -0.511. The lowest BCUT2D eigenvalue weighted by atomic mass is 9.96. The number of imidazole rings is 1. The topological polar surface area (TPSA) is 117 Å². The average Bonchev–Trinajstić information content (AvgIpc) is 3.17. The highest BCUT2D eigenvalue weighted by molar-refractivity contribution is 5.80. The minimum Gasteiger partial charge on any atom is -0.348 e. The van der Waals surface area contributed by atoms with E-state index in [0.717, 1.165) is 21.5 Å². The Balaban J connectivity index is 1.70. The van der Waals surface area contributed by atoms with Crippen LogP contribution in [0.1, 0.15) is 28.6 Å². The lowest BCUT2D eigenvalue weighted by molar-refractivity contribution is -0.132. The molecule has 1 atom stereocenters. The second-order valence-electron chi connectivity index (χ2n) is 6.45. The van der Waals surface area contributed by atoms with Gasteiger partial charge in [0, 0.05) is 49.9 Å². The smallest absolute Gasteiger partial charge is 0.328 e. The molecule has 2 N–H and O–H groups in total. The number of carbonyl (C=O) groups is 1. The number of rotatable bonds is 3. The summed E-state index contributed by atoms with van der Waals surface area (Å²) in [5.74, 6) is -0.207. The van der Waals surface area contributed by atoms with Crippen molar-refractivity contribution in [1.82, 2.24) is 29.4 Å². The summed E-state index contributed by atoms with van der Waals surface area (Å²) in [5, 5.41) is 0. The van der Waals surface area contributed by atoms with Gasteiger partial charge in [-0.15, -0.1) is 0 Å². The molecule has 0 radical (unpaired) electrons. The third-order valence-corrected chi connectivity index (χ3v) is 4.84. The first-order valence-corrected chi connectivity index (χ1v) is 8.55. The largest absolute Gasteiger partial charge is 0.348 e. The van der Waals surface area contributed by atoms with Crippen molar-refractivity contribution in [1.29, 1.82) is 0 Å². The number of amides is 1. The van der Waals surface area contributed by atoms with Gasteiger partial charge in [0.1, 0.15) is 6.04 Å². The molecule has 9 heteroatoms. The van der Waals surface area contributed by atoms with Crippen molar-refractivity contribution in [3.05, 3.63) is 80.4 Å². The maximum atomic E-state index is 13.1. The van der Waals surface area contributed by atoms with E-state index in [-0.39, 0.29) is 23.9 Å². The number of nitrogens with one attached hydrogen (secondary N) is 2. The van der Waals surface area contributed by atoms with Crippen molar-refractivity contribution in [3.8, 4) is 0 Å². The molecule has 0 aromatic carbocycles. The zero-order valence-corrected chi connectivity index (χ0v) is 14.7. The van der Waals surface area contributed by atoms with Gasteiger partial charge in [-0.1, -0.05) is 6.07 Å². The number of H-pyrrole nitrogens is 2. The molecule has 4 heterocycles. The summed E-state index contributed by atoms with van der Waals surface area (Å²) in [6.45, 7) is 0.497.